The average molecular weight is 669 g/mol. The summed E-state index contributed by atoms with van der Waals surface area (Å²) >= 11 is 0. The van der Waals surface area contributed by atoms with E-state index in [0.717, 1.165) is 56.1 Å². The smallest absolute Gasteiger partial charge is 0.306 e. The van der Waals surface area contributed by atoms with E-state index in [4.69, 9.17) is 0 Å². The highest BCUT2D eigenvalue weighted by Gasteiger charge is 2.65. The largest absolute Gasteiger partial charge is 0.481 e. The van der Waals surface area contributed by atoms with Crippen molar-refractivity contribution >= 4 is 15.8 Å². The lowest BCUT2D eigenvalue weighted by Crippen LogP contribution is -2.64. The van der Waals surface area contributed by atoms with Gasteiger partial charge in [-0.1, -0.05) is 53.2 Å². The Bertz CT molecular complexity index is 1400. The van der Waals surface area contributed by atoms with Crippen molar-refractivity contribution in [3.63, 3.8) is 0 Å². The zero-order valence-corrected chi connectivity index (χ0v) is 31.0. The topological polar surface area (TPSA) is 86.7 Å². The molecule has 0 aromatic carbocycles. The highest BCUT2D eigenvalue weighted by Crippen LogP contribution is 2.72. The third kappa shape index (κ3) is 5.82. The molecule has 7 heteroatoms. The molecule has 1 saturated heterocycles. The summed E-state index contributed by atoms with van der Waals surface area (Å²) < 4.78 is 24.7. The zero-order chi connectivity index (χ0) is 33.4. The van der Waals surface area contributed by atoms with Crippen molar-refractivity contribution in [2.45, 2.75) is 124 Å². The number of hydrogen-bond donors (Lipinski definition) is 2. The molecular formula is C40H64N2O4S. The molecule has 6 aliphatic carbocycles. The molecule has 10 atom stereocenters. The highest BCUT2D eigenvalue weighted by molar-refractivity contribution is 7.91. The van der Waals surface area contributed by atoms with Crippen LogP contribution in [-0.4, -0.2) is 67.6 Å². The lowest BCUT2D eigenvalue weighted by atomic mass is 9.37. The maximum atomic E-state index is 12.3. The Morgan fingerprint density at radius 1 is 0.957 bits per heavy atom. The molecule has 2 N–H and O–H groups in total. The second kappa shape index (κ2) is 12.2. The molecule has 7 aliphatic rings. The molecule has 0 amide bonds. The van der Waals surface area contributed by atoms with Gasteiger partial charge in [0.05, 0.1) is 17.4 Å². The Morgan fingerprint density at radius 3 is 2.51 bits per heavy atom. The molecule has 6 nitrogen and oxygen atoms in total. The number of carboxylic acids is 1. The Hall–Kier alpha value is -1.18. The van der Waals surface area contributed by atoms with Gasteiger partial charge in [0, 0.05) is 31.7 Å². The molecule has 4 saturated carbocycles. The summed E-state index contributed by atoms with van der Waals surface area (Å²) in [5.74, 6) is 3.92. The van der Waals surface area contributed by atoms with Gasteiger partial charge in [0.1, 0.15) is 0 Å². The zero-order valence-electron chi connectivity index (χ0n) is 30.2. The highest BCUT2D eigenvalue weighted by atomic mass is 32.2. The first kappa shape index (κ1) is 34.3. The van der Waals surface area contributed by atoms with E-state index in [9.17, 15) is 18.3 Å². The maximum Gasteiger partial charge on any atom is 0.306 e. The number of nitrogens with one attached hydrogen (secondary N) is 1. The Morgan fingerprint density at radius 2 is 1.77 bits per heavy atom. The third-order valence-corrected chi connectivity index (χ3v) is 17.8. The fraction of sp³-hybridized carbons (Fsp3) is 0.875. The molecule has 264 valence electrons. The summed E-state index contributed by atoms with van der Waals surface area (Å²) in [6.07, 6.45) is 20.6. The van der Waals surface area contributed by atoms with Crippen molar-refractivity contribution in [2.75, 3.05) is 37.7 Å². The summed E-state index contributed by atoms with van der Waals surface area (Å²) in [5, 5.41) is 13.7. The molecule has 1 heterocycles. The summed E-state index contributed by atoms with van der Waals surface area (Å²) in [6.45, 7) is 16.1. The molecule has 0 aromatic rings. The van der Waals surface area contributed by atoms with Crippen molar-refractivity contribution in [3.05, 3.63) is 23.3 Å². The van der Waals surface area contributed by atoms with E-state index in [1.165, 1.54) is 75.4 Å². The molecule has 0 spiro atoms. The minimum Gasteiger partial charge on any atom is -0.481 e. The quantitative estimate of drug-likeness (QED) is 0.305. The molecule has 7 rings (SSSR count). The Labute approximate surface area is 285 Å². The van der Waals surface area contributed by atoms with Crippen LogP contribution in [0.1, 0.15) is 118 Å². The summed E-state index contributed by atoms with van der Waals surface area (Å²) in [7, 11) is -2.91. The van der Waals surface area contributed by atoms with Crippen LogP contribution in [0.2, 0.25) is 0 Å². The van der Waals surface area contributed by atoms with Crippen LogP contribution in [-0.2, 0) is 14.6 Å². The number of sulfone groups is 1. The van der Waals surface area contributed by atoms with Crippen molar-refractivity contribution in [2.24, 2.45) is 57.7 Å². The van der Waals surface area contributed by atoms with Crippen LogP contribution >= 0.6 is 0 Å². The normalized spacial score (nSPS) is 46.1. The van der Waals surface area contributed by atoms with E-state index >= 15 is 0 Å². The van der Waals surface area contributed by atoms with Gasteiger partial charge >= 0.3 is 5.97 Å². The summed E-state index contributed by atoms with van der Waals surface area (Å²) in [5.41, 5.74) is 4.13. The predicted molar refractivity (Wildman–Crippen MR) is 190 cm³/mol. The molecule has 0 radical (unpaired) electrons. The van der Waals surface area contributed by atoms with Gasteiger partial charge in [0.2, 0.25) is 0 Å². The molecule has 0 bridgehead atoms. The van der Waals surface area contributed by atoms with Gasteiger partial charge in [0.15, 0.2) is 9.84 Å². The number of rotatable bonds is 6. The van der Waals surface area contributed by atoms with Gasteiger partial charge in [-0.2, -0.15) is 0 Å². The minimum atomic E-state index is -2.91. The number of carboxylic acid groups (broad SMARTS) is 1. The lowest BCUT2D eigenvalue weighted by Gasteiger charge is -2.68. The van der Waals surface area contributed by atoms with Crippen LogP contribution in [0, 0.1) is 57.7 Å². The van der Waals surface area contributed by atoms with Gasteiger partial charge in [-0.3, -0.25) is 4.79 Å². The van der Waals surface area contributed by atoms with Gasteiger partial charge in [0.25, 0.3) is 0 Å². The van der Waals surface area contributed by atoms with E-state index in [1.807, 2.05) is 0 Å². The van der Waals surface area contributed by atoms with Crippen molar-refractivity contribution in [3.8, 4) is 0 Å². The van der Waals surface area contributed by atoms with Gasteiger partial charge < -0.3 is 15.3 Å². The summed E-state index contributed by atoms with van der Waals surface area (Å²) in [6, 6.07) is 0. The van der Waals surface area contributed by atoms with Crippen LogP contribution in [0.5, 0.6) is 0 Å². The second-order valence-corrected chi connectivity index (χ2v) is 21.0. The Kier molecular flexibility index (Phi) is 8.93. The van der Waals surface area contributed by atoms with Crippen molar-refractivity contribution in [1.82, 2.24) is 10.2 Å². The number of aliphatic carboxylic acids is 1. The van der Waals surface area contributed by atoms with Crippen molar-refractivity contribution < 1.29 is 18.3 Å². The minimum absolute atomic E-state index is 0.125. The van der Waals surface area contributed by atoms with E-state index in [2.05, 4.69) is 57.0 Å². The number of allylic oxidation sites excluding steroid dienone is 4. The predicted octanol–water partition coefficient (Wildman–Crippen LogP) is 7.51. The van der Waals surface area contributed by atoms with E-state index in [1.54, 1.807) is 0 Å². The number of hydrogen-bond acceptors (Lipinski definition) is 5. The first-order valence-corrected chi connectivity index (χ1v) is 21.3. The average Bonchev–Trinajstić information content (AvgIpc) is 3.38. The third-order valence-electron chi connectivity index (χ3n) is 15.9. The molecule has 8 unspecified atom stereocenters. The van der Waals surface area contributed by atoms with E-state index in [0.29, 0.717) is 41.2 Å². The summed E-state index contributed by atoms with van der Waals surface area (Å²) in [4.78, 5) is 14.0. The van der Waals surface area contributed by atoms with Crippen molar-refractivity contribution in [1.29, 1.82) is 0 Å². The number of fused-ring (bicyclic) bond motifs is 7. The van der Waals surface area contributed by atoms with Gasteiger partial charge in [-0.05, 0) is 140 Å². The van der Waals surface area contributed by atoms with Crippen LogP contribution in [0.25, 0.3) is 0 Å². The monoisotopic (exact) mass is 668 g/mol. The molecular weight excluding hydrogens is 605 g/mol. The first-order chi connectivity index (χ1) is 22.2. The molecule has 1 aliphatic heterocycles. The van der Waals surface area contributed by atoms with E-state index < -0.39 is 15.8 Å². The second-order valence-electron chi connectivity index (χ2n) is 18.7. The Balaban J connectivity index is 1.05. The van der Waals surface area contributed by atoms with Gasteiger partial charge in [-0.25, -0.2) is 8.42 Å². The standard InChI is InChI=1S/C40H64N2O4S/c1-27-25-42(23-24-47(45,46)26-27)22-21-41-40-17-6-7-33(40)30-12-13-35-38(4,32(30)15-20-40)19-16-34-37(2,3)31(14-18-39(34,35)5)28-8-10-29(11-9-28)36(43)44/h8,14,27,29-30,32-35,41H,6-7,9-13,15-26H2,1-5H3,(H,43,44)/t27?,29?,30?,32?,33-,34?,35?,38?,39?,40+/m1/s1. The van der Waals surface area contributed by atoms with Crippen LogP contribution < -0.4 is 5.32 Å². The SMILES string of the molecule is CC1CN(CCN[C@]23CCC[C@@H]2C2CCC4C(C)(CCC5C(C)(C)C(C6=CCC(C(=O)O)CC6)=CCC54C)C2CC3)CCS(=O)(=O)C1. The molecule has 47 heavy (non-hydrogen) atoms. The lowest BCUT2D eigenvalue weighted by molar-refractivity contribution is -0.175. The van der Waals surface area contributed by atoms with Crippen LogP contribution in [0.15, 0.2) is 23.3 Å². The number of carbonyl (C=O) groups is 1. The fourth-order valence-electron chi connectivity index (χ4n) is 14.0. The van der Waals surface area contributed by atoms with Gasteiger partial charge in [-0.15, -0.1) is 0 Å². The maximum absolute atomic E-state index is 12.3. The number of nitrogens with zero attached hydrogens (tertiary/aromatic N) is 1. The first-order valence-electron chi connectivity index (χ1n) is 19.5. The van der Waals surface area contributed by atoms with Crippen LogP contribution in [0.4, 0.5) is 0 Å². The van der Waals surface area contributed by atoms with Crippen LogP contribution in [0.3, 0.4) is 0 Å². The molecule has 0 aromatic heterocycles. The fourth-order valence-corrected chi connectivity index (χ4v) is 15.7. The van der Waals surface area contributed by atoms with E-state index in [-0.39, 0.29) is 22.8 Å². The molecule has 5 fully saturated rings.